The molecule has 2 heterocycles. The summed E-state index contributed by atoms with van der Waals surface area (Å²) in [4.78, 5) is 6.88. The predicted octanol–water partition coefficient (Wildman–Crippen LogP) is 1.87. The Labute approximate surface area is 143 Å². The van der Waals surface area contributed by atoms with Gasteiger partial charge in [-0.25, -0.2) is 0 Å². The van der Waals surface area contributed by atoms with Crippen LogP contribution in [0.5, 0.6) is 5.75 Å². The Morgan fingerprint density at radius 3 is 2.83 bits per heavy atom. The van der Waals surface area contributed by atoms with Gasteiger partial charge in [-0.3, -0.25) is 20.6 Å². The van der Waals surface area contributed by atoms with Gasteiger partial charge in [0.2, 0.25) is 0 Å². The molecule has 0 bridgehead atoms. The molecular formula is C18H27N3O3. The summed E-state index contributed by atoms with van der Waals surface area (Å²) in [7, 11) is 0. The summed E-state index contributed by atoms with van der Waals surface area (Å²) in [6.45, 7) is 7.15. The van der Waals surface area contributed by atoms with Gasteiger partial charge in [0, 0.05) is 32.5 Å². The number of benzene rings is 1. The van der Waals surface area contributed by atoms with E-state index in [1.165, 1.54) is 5.56 Å². The predicted molar refractivity (Wildman–Crippen MR) is 92.9 cm³/mol. The number of nitrogens with zero attached hydrogens (tertiary/aromatic N) is 2. The molecule has 1 aromatic carbocycles. The molecule has 0 radical (unpaired) electrons. The normalized spacial score (nSPS) is 24.5. The number of hydroxylamine groups is 1. The molecule has 0 saturated carbocycles. The molecule has 1 fully saturated rings. The summed E-state index contributed by atoms with van der Waals surface area (Å²) in [5, 5.41) is 9.48. The molecule has 1 saturated heterocycles. The molecule has 2 N–H and O–H groups in total. The fourth-order valence-electron chi connectivity index (χ4n) is 3.37. The van der Waals surface area contributed by atoms with Crippen molar-refractivity contribution in [1.29, 1.82) is 0 Å². The lowest BCUT2D eigenvalue weighted by Crippen LogP contribution is -2.40. The Balaban J connectivity index is 1.58. The second-order valence-corrected chi connectivity index (χ2v) is 6.49. The van der Waals surface area contributed by atoms with Crippen molar-refractivity contribution in [1.82, 2.24) is 10.4 Å². The Morgan fingerprint density at radius 2 is 2.12 bits per heavy atom. The van der Waals surface area contributed by atoms with Crippen LogP contribution in [0.2, 0.25) is 0 Å². The lowest BCUT2D eigenvalue weighted by molar-refractivity contribution is 0.0394. The average Bonchev–Trinajstić information content (AvgIpc) is 3.00. The van der Waals surface area contributed by atoms with Crippen LogP contribution in [0.4, 0.5) is 0 Å². The molecular weight excluding hydrogens is 306 g/mol. The fourth-order valence-corrected chi connectivity index (χ4v) is 3.37. The summed E-state index contributed by atoms with van der Waals surface area (Å²) in [5.41, 5.74) is 3.18. The second-order valence-electron chi connectivity index (χ2n) is 6.49. The van der Waals surface area contributed by atoms with Crippen molar-refractivity contribution in [3.05, 3.63) is 29.8 Å². The molecule has 2 aliphatic heterocycles. The van der Waals surface area contributed by atoms with E-state index in [4.69, 9.17) is 9.47 Å². The van der Waals surface area contributed by atoms with Gasteiger partial charge in [-0.1, -0.05) is 25.1 Å². The topological polar surface area (TPSA) is 66.3 Å². The lowest BCUT2D eigenvalue weighted by atomic mass is 9.90. The van der Waals surface area contributed by atoms with Crippen molar-refractivity contribution < 1.29 is 14.7 Å². The van der Waals surface area contributed by atoms with E-state index in [0.717, 1.165) is 51.4 Å². The minimum absolute atomic E-state index is 0.322. The highest BCUT2D eigenvalue weighted by atomic mass is 16.5. The number of amidine groups is 1. The van der Waals surface area contributed by atoms with Gasteiger partial charge in [0.05, 0.1) is 19.8 Å². The van der Waals surface area contributed by atoms with Crippen molar-refractivity contribution in [2.24, 2.45) is 4.99 Å². The highest BCUT2D eigenvalue weighted by Gasteiger charge is 2.38. The zero-order chi connectivity index (χ0) is 16.8. The zero-order valence-electron chi connectivity index (χ0n) is 14.3. The molecule has 1 aromatic rings. The molecule has 0 aromatic heterocycles. The van der Waals surface area contributed by atoms with Gasteiger partial charge < -0.3 is 9.47 Å². The lowest BCUT2D eigenvalue weighted by Gasteiger charge is -2.28. The highest BCUT2D eigenvalue weighted by molar-refractivity contribution is 5.82. The fraction of sp³-hybridized carbons (Fsp3) is 0.611. The van der Waals surface area contributed by atoms with Gasteiger partial charge in [-0.2, -0.15) is 0 Å². The third kappa shape index (κ3) is 4.06. The van der Waals surface area contributed by atoms with Crippen LogP contribution < -0.4 is 10.2 Å². The van der Waals surface area contributed by atoms with E-state index in [2.05, 4.69) is 28.4 Å². The van der Waals surface area contributed by atoms with E-state index >= 15 is 0 Å². The van der Waals surface area contributed by atoms with Crippen LogP contribution in [0.1, 0.15) is 25.3 Å². The maximum Gasteiger partial charge on any atom is 0.124 e. The first-order valence-corrected chi connectivity index (χ1v) is 8.75. The first-order valence-electron chi connectivity index (χ1n) is 8.75. The molecule has 1 unspecified atom stereocenters. The van der Waals surface area contributed by atoms with Crippen molar-refractivity contribution >= 4 is 5.84 Å². The number of ether oxygens (including phenoxy) is 2. The van der Waals surface area contributed by atoms with Gasteiger partial charge in [0.25, 0.3) is 0 Å². The van der Waals surface area contributed by atoms with Crippen LogP contribution in [0, 0.1) is 0 Å². The summed E-state index contributed by atoms with van der Waals surface area (Å²) >= 11 is 0. The molecule has 6 heteroatoms. The highest BCUT2D eigenvalue weighted by Crippen LogP contribution is 2.38. The standard InChI is InChI=1S/C18H27N3O3/c1-2-18(13-15-5-3-4-6-16(15)24-18)14-17(20-22)19-7-8-21-9-11-23-12-10-21/h3-6,22H,2,7-14H2,1H3,(H,19,20). The Hall–Kier alpha value is -1.63. The van der Waals surface area contributed by atoms with E-state index in [1.807, 2.05) is 18.2 Å². The van der Waals surface area contributed by atoms with Crippen molar-refractivity contribution in [3.63, 3.8) is 0 Å². The minimum atomic E-state index is -0.322. The van der Waals surface area contributed by atoms with Crippen LogP contribution in [0.25, 0.3) is 0 Å². The van der Waals surface area contributed by atoms with E-state index in [9.17, 15) is 5.21 Å². The zero-order valence-corrected chi connectivity index (χ0v) is 14.3. The maximum atomic E-state index is 9.48. The van der Waals surface area contributed by atoms with Crippen LogP contribution in [0.3, 0.4) is 0 Å². The van der Waals surface area contributed by atoms with E-state index in [1.54, 1.807) is 0 Å². The monoisotopic (exact) mass is 333 g/mol. The van der Waals surface area contributed by atoms with Gasteiger partial charge in [-0.05, 0) is 18.1 Å². The quantitative estimate of drug-likeness (QED) is 0.473. The van der Waals surface area contributed by atoms with E-state index < -0.39 is 0 Å². The van der Waals surface area contributed by atoms with Crippen molar-refractivity contribution in [2.75, 3.05) is 39.4 Å². The third-order valence-electron chi connectivity index (χ3n) is 4.90. The maximum absolute atomic E-state index is 9.48. The number of hydrogen-bond acceptors (Lipinski definition) is 5. The number of fused-ring (bicyclic) bond motifs is 1. The van der Waals surface area contributed by atoms with Gasteiger partial charge in [0.1, 0.15) is 17.2 Å². The number of morpholine rings is 1. The molecule has 2 aliphatic rings. The number of nitrogens with one attached hydrogen (secondary N) is 1. The molecule has 0 aliphatic carbocycles. The third-order valence-corrected chi connectivity index (χ3v) is 4.90. The molecule has 24 heavy (non-hydrogen) atoms. The number of aliphatic imine (C=N–C) groups is 1. The van der Waals surface area contributed by atoms with Gasteiger partial charge in [-0.15, -0.1) is 0 Å². The SMILES string of the molecule is CCC1(CC(=NCCN2CCOCC2)NO)Cc2ccccc2O1. The molecule has 3 rings (SSSR count). The van der Waals surface area contributed by atoms with Crippen LogP contribution in [-0.2, 0) is 11.2 Å². The minimum Gasteiger partial charge on any atom is -0.486 e. The van der Waals surface area contributed by atoms with Crippen molar-refractivity contribution in [2.45, 2.75) is 31.8 Å². The first-order chi connectivity index (χ1) is 11.7. The number of hydrogen-bond donors (Lipinski definition) is 2. The molecule has 6 nitrogen and oxygen atoms in total. The summed E-state index contributed by atoms with van der Waals surface area (Å²) < 4.78 is 11.6. The van der Waals surface area contributed by atoms with Crippen LogP contribution >= 0.6 is 0 Å². The van der Waals surface area contributed by atoms with Crippen molar-refractivity contribution in [3.8, 4) is 5.75 Å². The second kappa shape index (κ2) is 7.96. The Kier molecular flexibility index (Phi) is 5.71. The Bertz CT molecular complexity index is 545. The summed E-state index contributed by atoms with van der Waals surface area (Å²) in [6.07, 6.45) is 2.30. The smallest absolute Gasteiger partial charge is 0.124 e. The molecule has 132 valence electrons. The summed E-state index contributed by atoms with van der Waals surface area (Å²) in [6, 6.07) is 8.14. The largest absolute Gasteiger partial charge is 0.486 e. The number of rotatable bonds is 6. The molecule has 0 amide bonds. The summed E-state index contributed by atoms with van der Waals surface area (Å²) in [5.74, 6) is 1.54. The van der Waals surface area contributed by atoms with Gasteiger partial charge in [0.15, 0.2) is 0 Å². The molecule has 1 atom stereocenters. The Morgan fingerprint density at radius 1 is 1.33 bits per heavy atom. The average molecular weight is 333 g/mol. The number of para-hydroxylation sites is 1. The van der Waals surface area contributed by atoms with Gasteiger partial charge >= 0.3 is 0 Å². The molecule has 0 spiro atoms. The van der Waals surface area contributed by atoms with Crippen LogP contribution in [0.15, 0.2) is 29.3 Å². The first kappa shape index (κ1) is 17.2. The van der Waals surface area contributed by atoms with E-state index in [0.29, 0.717) is 18.8 Å². The van der Waals surface area contributed by atoms with Crippen LogP contribution in [-0.4, -0.2) is 60.9 Å². The van der Waals surface area contributed by atoms with E-state index in [-0.39, 0.29) is 5.60 Å².